The zero-order valence-corrected chi connectivity index (χ0v) is 9.52. The second-order valence-electron chi connectivity index (χ2n) is 4.17. The van der Waals surface area contributed by atoms with E-state index in [1.165, 1.54) is 30.6 Å². The van der Waals surface area contributed by atoms with Crippen molar-refractivity contribution in [3.8, 4) is 0 Å². The van der Waals surface area contributed by atoms with E-state index < -0.39 is 0 Å². The van der Waals surface area contributed by atoms with Crippen molar-refractivity contribution in [3.63, 3.8) is 0 Å². The number of hydrogen-bond donors (Lipinski definition) is 1. The van der Waals surface area contributed by atoms with Gasteiger partial charge in [0.15, 0.2) is 0 Å². The van der Waals surface area contributed by atoms with E-state index in [0.717, 1.165) is 12.5 Å². The summed E-state index contributed by atoms with van der Waals surface area (Å²) in [4.78, 5) is 5.44. The van der Waals surface area contributed by atoms with Gasteiger partial charge in [0.2, 0.25) is 0 Å². The van der Waals surface area contributed by atoms with E-state index in [0.29, 0.717) is 6.04 Å². The van der Waals surface area contributed by atoms with Crippen molar-refractivity contribution < 1.29 is 0 Å². The molecule has 1 atom stereocenters. The van der Waals surface area contributed by atoms with E-state index in [1.807, 2.05) is 11.7 Å². The predicted molar refractivity (Wildman–Crippen MR) is 60.5 cm³/mol. The Bertz CT molecular complexity index is 254. The van der Waals surface area contributed by atoms with E-state index >= 15 is 0 Å². The molecule has 1 N–H and O–H groups in total. The molecule has 0 spiro atoms. The monoisotopic (exact) mass is 210 g/mol. The van der Waals surface area contributed by atoms with Crippen LogP contribution in [0.15, 0.2) is 11.7 Å². The fourth-order valence-corrected chi connectivity index (χ4v) is 2.48. The zero-order chi connectivity index (χ0) is 9.80. The number of nitrogens with one attached hydrogen (secondary N) is 1. The molecule has 1 aliphatic rings. The van der Waals surface area contributed by atoms with Gasteiger partial charge in [-0.1, -0.05) is 19.3 Å². The van der Waals surface area contributed by atoms with Gasteiger partial charge >= 0.3 is 0 Å². The van der Waals surface area contributed by atoms with E-state index in [1.54, 1.807) is 11.3 Å². The SMILES string of the molecule is CC(NCCC1CCC1)c1cncs1. The van der Waals surface area contributed by atoms with Gasteiger partial charge in [0, 0.05) is 17.1 Å². The molecule has 3 heteroatoms. The number of nitrogens with zero attached hydrogens (tertiary/aromatic N) is 1. The summed E-state index contributed by atoms with van der Waals surface area (Å²) in [5, 5.41) is 3.55. The highest BCUT2D eigenvalue weighted by molar-refractivity contribution is 7.09. The predicted octanol–water partition coefficient (Wildman–Crippen LogP) is 2.98. The smallest absolute Gasteiger partial charge is 0.0794 e. The van der Waals surface area contributed by atoms with Gasteiger partial charge in [0.25, 0.3) is 0 Å². The molecule has 2 rings (SSSR count). The standard InChI is InChI=1S/C11H18N2S/c1-9(11-7-12-8-14-11)13-6-5-10-3-2-4-10/h7-10,13H,2-6H2,1H3. The van der Waals surface area contributed by atoms with Gasteiger partial charge in [-0.25, -0.2) is 0 Å². The van der Waals surface area contributed by atoms with Gasteiger partial charge in [0.05, 0.1) is 5.51 Å². The molecule has 0 aromatic carbocycles. The van der Waals surface area contributed by atoms with Gasteiger partial charge in [-0.15, -0.1) is 11.3 Å². The first kappa shape index (κ1) is 10.1. The molecule has 78 valence electrons. The van der Waals surface area contributed by atoms with Gasteiger partial charge < -0.3 is 5.32 Å². The summed E-state index contributed by atoms with van der Waals surface area (Å²) in [6.07, 6.45) is 7.68. The maximum absolute atomic E-state index is 4.09. The number of thiazole rings is 1. The third-order valence-corrected chi connectivity index (χ3v) is 4.06. The highest BCUT2D eigenvalue weighted by atomic mass is 32.1. The molecule has 1 heterocycles. The molecule has 0 aliphatic heterocycles. The van der Waals surface area contributed by atoms with Crippen LogP contribution in [0.2, 0.25) is 0 Å². The second-order valence-corrected chi connectivity index (χ2v) is 5.08. The Hall–Kier alpha value is -0.410. The van der Waals surface area contributed by atoms with Crippen LogP contribution in [0, 0.1) is 5.92 Å². The van der Waals surface area contributed by atoms with Crippen molar-refractivity contribution >= 4 is 11.3 Å². The molecule has 0 saturated heterocycles. The third-order valence-electron chi connectivity index (χ3n) is 3.11. The molecular weight excluding hydrogens is 192 g/mol. The van der Waals surface area contributed by atoms with E-state index in [4.69, 9.17) is 0 Å². The minimum absolute atomic E-state index is 0.475. The highest BCUT2D eigenvalue weighted by Crippen LogP contribution is 2.29. The Morgan fingerprint density at radius 2 is 2.50 bits per heavy atom. The molecule has 0 bridgehead atoms. The first-order valence-corrected chi connectivity index (χ1v) is 6.36. The second kappa shape index (κ2) is 4.89. The van der Waals surface area contributed by atoms with Gasteiger partial charge in [-0.05, 0) is 25.8 Å². The normalized spacial score (nSPS) is 19.2. The lowest BCUT2D eigenvalue weighted by Gasteiger charge is -2.25. The zero-order valence-electron chi connectivity index (χ0n) is 8.70. The summed E-state index contributed by atoms with van der Waals surface area (Å²) in [5.41, 5.74) is 1.90. The highest BCUT2D eigenvalue weighted by Gasteiger charge is 2.16. The minimum atomic E-state index is 0.475. The lowest BCUT2D eigenvalue weighted by atomic mass is 9.83. The van der Waals surface area contributed by atoms with Crippen LogP contribution in [0.5, 0.6) is 0 Å². The number of rotatable bonds is 5. The van der Waals surface area contributed by atoms with E-state index in [2.05, 4.69) is 17.2 Å². The van der Waals surface area contributed by atoms with Crippen molar-refractivity contribution in [3.05, 3.63) is 16.6 Å². The van der Waals surface area contributed by atoms with Crippen molar-refractivity contribution in [2.24, 2.45) is 5.92 Å². The fraction of sp³-hybridized carbons (Fsp3) is 0.727. The van der Waals surface area contributed by atoms with Crippen molar-refractivity contribution in [2.45, 2.75) is 38.6 Å². The van der Waals surface area contributed by atoms with Crippen LogP contribution in [0.1, 0.15) is 43.5 Å². The Balaban J connectivity index is 1.65. The quantitative estimate of drug-likeness (QED) is 0.808. The van der Waals surface area contributed by atoms with Gasteiger partial charge in [0.1, 0.15) is 0 Å². The molecule has 2 nitrogen and oxygen atoms in total. The maximum Gasteiger partial charge on any atom is 0.0794 e. The largest absolute Gasteiger partial charge is 0.309 e. The summed E-state index contributed by atoms with van der Waals surface area (Å²) in [6.45, 7) is 3.37. The molecule has 0 radical (unpaired) electrons. The summed E-state index contributed by atoms with van der Waals surface area (Å²) < 4.78 is 0. The van der Waals surface area contributed by atoms with Crippen molar-refractivity contribution in [1.82, 2.24) is 10.3 Å². The first-order valence-electron chi connectivity index (χ1n) is 5.48. The van der Waals surface area contributed by atoms with Crippen LogP contribution in [0.3, 0.4) is 0 Å². The summed E-state index contributed by atoms with van der Waals surface area (Å²) in [6, 6.07) is 0.475. The third kappa shape index (κ3) is 2.55. The molecule has 1 aromatic rings. The Labute approximate surface area is 89.8 Å². The van der Waals surface area contributed by atoms with Crippen LogP contribution in [0.25, 0.3) is 0 Å². The summed E-state index contributed by atoms with van der Waals surface area (Å²) in [5.74, 6) is 1.01. The Morgan fingerprint density at radius 3 is 3.07 bits per heavy atom. The Morgan fingerprint density at radius 1 is 1.64 bits per heavy atom. The molecule has 1 aromatic heterocycles. The molecule has 1 aliphatic carbocycles. The molecule has 14 heavy (non-hydrogen) atoms. The van der Waals surface area contributed by atoms with Crippen molar-refractivity contribution in [1.29, 1.82) is 0 Å². The minimum Gasteiger partial charge on any atom is -0.309 e. The van der Waals surface area contributed by atoms with Gasteiger partial charge in [-0.3, -0.25) is 4.98 Å². The molecular formula is C11H18N2S. The number of aromatic nitrogens is 1. The van der Waals surface area contributed by atoms with Crippen LogP contribution in [0.4, 0.5) is 0 Å². The lowest BCUT2D eigenvalue weighted by Crippen LogP contribution is -2.23. The topological polar surface area (TPSA) is 24.9 Å². The Kier molecular flexibility index (Phi) is 3.54. The molecule has 1 unspecified atom stereocenters. The first-order chi connectivity index (χ1) is 6.86. The summed E-state index contributed by atoms with van der Waals surface area (Å²) >= 11 is 1.74. The van der Waals surface area contributed by atoms with Gasteiger partial charge in [-0.2, -0.15) is 0 Å². The van der Waals surface area contributed by atoms with Crippen LogP contribution < -0.4 is 5.32 Å². The molecule has 1 saturated carbocycles. The average molecular weight is 210 g/mol. The van der Waals surface area contributed by atoms with Crippen LogP contribution in [-0.2, 0) is 0 Å². The lowest BCUT2D eigenvalue weighted by molar-refractivity contribution is 0.289. The number of hydrogen-bond acceptors (Lipinski definition) is 3. The van der Waals surface area contributed by atoms with Crippen LogP contribution in [-0.4, -0.2) is 11.5 Å². The van der Waals surface area contributed by atoms with E-state index in [-0.39, 0.29) is 0 Å². The summed E-state index contributed by atoms with van der Waals surface area (Å²) in [7, 11) is 0. The van der Waals surface area contributed by atoms with Crippen molar-refractivity contribution in [2.75, 3.05) is 6.54 Å². The van der Waals surface area contributed by atoms with Crippen LogP contribution >= 0.6 is 11.3 Å². The molecule has 0 amide bonds. The fourth-order valence-electron chi connectivity index (χ4n) is 1.83. The molecule has 1 fully saturated rings. The maximum atomic E-state index is 4.09. The average Bonchev–Trinajstić information content (AvgIpc) is 2.61. The van der Waals surface area contributed by atoms with E-state index in [9.17, 15) is 0 Å².